The summed E-state index contributed by atoms with van der Waals surface area (Å²) < 4.78 is 14.3. The van der Waals surface area contributed by atoms with Crippen LogP contribution in [0.25, 0.3) is 0 Å². The Morgan fingerprint density at radius 2 is 2.05 bits per heavy atom. The molecule has 1 aromatic carbocycles. The molecule has 1 aromatic heterocycles. The summed E-state index contributed by atoms with van der Waals surface area (Å²) in [5, 5.41) is 3.25. The van der Waals surface area contributed by atoms with Gasteiger partial charge in [0.15, 0.2) is 0 Å². The van der Waals surface area contributed by atoms with E-state index in [0.717, 1.165) is 15.7 Å². The SMILES string of the molecule is CNC(c1cc(F)ccc1Br)C(C)c1ccccn1. The predicted octanol–water partition coefficient (Wildman–Crippen LogP) is 4.05. The first-order valence-electron chi connectivity index (χ1n) is 6.16. The van der Waals surface area contributed by atoms with Gasteiger partial charge in [-0.2, -0.15) is 0 Å². The monoisotopic (exact) mass is 322 g/mol. The lowest BCUT2D eigenvalue weighted by atomic mass is 9.91. The Kier molecular flexibility index (Phi) is 4.66. The summed E-state index contributed by atoms with van der Waals surface area (Å²) >= 11 is 3.49. The molecule has 0 bridgehead atoms. The number of nitrogens with zero attached hydrogens (tertiary/aromatic N) is 1. The number of pyridine rings is 1. The molecule has 2 rings (SSSR count). The second-order valence-electron chi connectivity index (χ2n) is 4.48. The van der Waals surface area contributed by atoms with Crippen molar-refractivity contribution in [3.05, 3.63) is 64.1 Å². The molecular weight excluding hydrogens is 307 g/mol. The van der Waals surface area contributed by atoms with Gasteiger partial charge in [0.05, 0.1) is 0 Å². The average molecular weight is 323 g/mol. The molecule has 2 unspecified atom stereocenters. The molecule has 0 aliphatic rings. The third-order valence-electron chi connectivity index (χ3n) is 3.26. The van der Waals surface area contributed by atoms with Crippen molar-refractivity contribution in [2.75, 3.05) is 7.05 Å². The quantitative estimate of drug-likeness (QED) is 0.918. The third-order valence-corrected chi connectivity index (χ3v) is 3.98. The van der Waals surface area contributed by atoms with Crippen molar-refractivity contribution in [2.24, 2.45) is 0 Å². The molecule has 0 amide bonds. The van der Waals surface area contributed by atoms with Gasteiger partial charge in [-0.25, -0.2) is 4.39 Å². The van der Waals surface area contributed by atoms with Crippen LogP contribution in [0, 0.1) is 5.82 Å². The molecule has 0 spiro atoms. The Labute approximate surface area is 121 Å². The van der Waals surface area contributed by atoms with E-state index in [-0.39, 0.29) is 17.8 Å². The number of rotatable bonds is 4. The van der Waals surface area contributed by atoms with Crippen LogP contribution >= 0.6 is 15.9 Å². The van der Waals surface area contributed by atoms with Gasteiger partial charge in [-0.15, -0.1) is 0 Å². The highest BCUT2D eigenvalue weighted by Crippen LogP contribution is 2.33. The molecule has 0 aliphatic carbocycles. The first kappa shape index (κ1) is 14.2. The van der Waals surface area contributed by atoms with E-state index >= 15 is 0 Å². The maximum atomic E-state index is 13.4. The second-order valence-corrected chi connectivity index (χ2v) is 5.33. The maximum Gasteiger partial charge on any atom is 0.123 e. The lowest BCUT2D eigenvalue weighted by molar-refractivity contribution is 0.493. The van der Waals surface area contributed by atoms with Gasteiger partial charge in [-0.3, -0.25) is 4.98 Å². The lowest BCUT2D eigenvalue weighted by Gasteiger charge is -2.24. The molecule has 100 valence electrons. The zero-order valence-corrected chi connectivity index (χ0v) is 12.5. The first-order valence-corrected chi connectivity index (χ1v) is 6.96. The minimum absolute atomic E-state index is 0.0000231. The van der Waals surface area contributed by atoms with E-state index in [1.807, 2.05) is 25.2 Å². The minimum atomic E-state index is -0.230. The summed E-state index contributed by atoms with van der Waals surface area (Å²) in [4.78, 5) is 4.38. The van der Waals surface area contributed by atoms with Crippen LogP contribution < -0.4 is 5.32 Å². The number of nitrogens with one attached hydrogen (secondary N) is 1. The molecule has 0 saturated heterocycles. The molecule has 0 aliphatic heterocycles. The highest BCUT2D eigenvalue weighted by atomic mass is 79.9. The highest BCUT2D eigenvalue weighted by molar-refractivity contribution is 9.10. The summed E-state index contributed by atoms with van der Waals surface area (Å²) in [6.07, 6.45) is 1.78. The Hall–Kier alpha value is -1.26. The Balaban J connectivity index is 2.37. The van der Waals surface area contributed by atoms with Crippen LogP contribution in [-0.2, 0) is 0 Å². The van der Waals surface area contributed by atoms with Crippen molar-refractivity contribution in [1.29, 1.82) is 0 Å². The van der Waals surface area contributed by atoms with Crippen molar-refractivity contribution in [3.8, 4) is 0 Å². The number of hydrogen-bond acceptors (Lipinski definition) is 2. The van der Waals surface area contributed by atoms with Gasteiger partial charge in [0.2, 0.25) is 0 Å². The summed E-state index contributed by atoms with van der Waals surface area (Å²) in [6.45, 7) is 2.08. The number of hydrogen-bond donors (Lipinski definition) is 1. The summed E-state index contributed by atoms with van der Waals surface area (Å²) in [5.41, 5.74) is 1.89. The van der Waals surface area contributed by atoms with E-state index in [2.05, 4.69) is 33.2 Å². The van der Waals surface area contributed by atoms with Gasteiger partial charge in [-0.1, -0.05) is 28.9 Å². The fourth-order valence-corrected chi connectivity index (χ4v) is 2.74. The number of halogens is 2. The molecule has 2 nitrogen and oxygen atoms in total. The van der Waals surface area contributed by atoms with Crippen molar-refractivity contribution < 1.29 is 4.39 Å². The van der Waals surface area contributed by atoms with Gasteiger partial charge in [0.1, 0.15) is 5.82 Å². The van der Waals surface area contributed by atoms with Gasteiger partial charge in [0, 0.05) is 28.3 Å². The smallest absolute Gasteiger partial charge is 0.123 e. The van der Waals surface area contributed by atoms with Crippen LogP contribution in [0.2, 0.25) is 0 Å². The van der Waals surface area contributed by atoms with E-state index < -0.39 is 0 Å². The summed E-state index contributed by atoms with van der Waals surface area (Å²) in [6, 6.07) is 10.6. The first-order chi connectivity index (χ1) is 9.13. The van der Waals surface area contributed by atoms with Crippen LogP contribution in [0.15, 0.2) is 47.1 Å². The van der Waals surface area contributed by atoms with Gasteiger partial charge >= 0.3 is 0 Å². The maximum absolute atomic E-state index is 13.4. The molecule has 0 radical (unpaired) electrons. The van der Waals surface area contributed by atoms with Crippen molar-refractivity contribution in [1.82, 2.24) is 10.3 Å². The molecular formula is C15H16BrFN2. The molecule has 4 heteroatoms. The van der Waals surface area contributed by atoms with Crippen LogP contribution in [0.3, 0.4) is 0 Å². The molecule has 0 fully saturated rings. The standard InChI is InChI=1S/C15H16BrFN2/c1-10(14-5-3-4-8-19-14)15(18-2)12-9-11(17)6-7-13(12)16/h3-10,15,18H,1-2H3. The number of likely N-dealkylation sites (N-methyl/N-ethyl adjacent to an activating group) is 1. The topological polar surface area (TPSA) is 24.9 Å². The fraction of sp³-hybridized carbons (Fsp3) is 0.267. The van der Waals surface area contributed by atoms with Crippen LogP contribution in [-0.4, -0.2) is 12.0 Å². The zero-order valence-electron chi connectivity index (χ0n) is 10.9. The molecule has 0 saturated carbocycles. The van der Waals surface area contributed by atoms with Crippen molar-refractivity contribution in [2.45, 2.75) is 18.9 Å². The third kappa shape index (κ3) is 3.19. The Bertz CT molecular complexity index is 545. The van der Waals surface area contributed by atoms with Gasteiger partial charge in [0.25, 0.3) is 0 Å². The second kappa shape index (κ2) is 6.26. The fourth-order valence-electron chi connectivity index (χ4n) is 2.24. The predicted molar refractivity (Wildman–Crippen MR) is 78.6 cm³/mol. The van der Waals surface area contributed by atoms with Gasteiger partial charge < -0.3 is 5.32 Å². The van der Waals surface area contributed by atoms with E-state index in [1.54, 1.807) is 18.3 Å². The number of aromatic nitrogens is 1. The van der Waals surface area contributed by atoms with E-state index in [0.29, 0.717) is 0 Å². The number of benzene rings is 1. The Morgan fingerprint density at radius 1 is 1.26 bits per heavy atom. The molecule has 2 atom stereocenters. The van der Waals surface area contributed by atoms with E-state index in [4.69, 9.17) is 0 Å². The summed E-state index contributed by atoms with van der Waals surface area (Å²) in [5.74, 6) is -0.0871. The molecule has 1 heterocycles. The van der Waals surface area contributed by atoms with Gasteiger partial charge in [-0.05, 0) is 42.9 Å². The van der Waals surface area contributed by atoms with Crippen LogP contribution in [0.5, 0.6) is 0 Å². The molecule has 2 aromatic rings. The van der Waals surface area contributed by atoms with Crippen LogP contribution in [0.4, 0.5) is 4.39 Å². The average Bonchev–Trinajstić information content (AvgIpc) is 2.44. The van der Waals surface area contributed by atoms with E-state index in [1.165, 1.54) is 6.07 Å². The molecule has 19 heavy (non-hydrogen) atoms. The Morgan fingerprint density at radius 3 is 2.68 bits per heavy atom. The zero-order chi connectivity index (χ0) is 13.8. The van der Waals surface area contributed by atoms with Crippen molar-refractivity contribution in [3.63, 3.8) is 0 Å². The van der Waals surface area contributed by atoms with E-state index in [9.17, 15) is 4.39 Å². The lowest BCUT2D eigenvalue weighted by Crippen LogP contribution is -2.23. The largest absolute Gasteiger partial charge is 0.312 e. The summed E-state index contributed by atoms with van der Waals surface area (Å²) in [7, 11) is 1.88. The highest BCUT2D eigenvalue weighted by Gasteiger charge is 2.22. The van der Waals surface area contributed by atoms with Crippen LogP contribution in [0.1, 0.15) is 30.1 Å². The van der Waals surface area contributed by atoms with Crippen molar-refractivity contribution >= 4 is 15.9 Å². The minimum Gasteiger partial charge on any atom is -0.312 e. The normalized spacial score (nSPS) is 14.1. The molecule has 1 N–H and O–H groups in total.